The zero-order chi connectivity index (χ0) is 12.8. The maximum Gasteiger partial charge on any atom is 0.251 e. The number of nitrogens with one attached hydrogen (secondary N) is 1. The van der Waals surface area contributed by atoms with Crippen molar-refractivity contribution in [3.05, 3.63) is 42.6 Å². The summed E-state index contributed by atoms with van der Waals surface area (Å²) in [7, 11) is 0. The van der Waals surface area contributed by atoms with Crippen molar-refractivity contribution < 1.29 is 9.90 Å². The Morgan fingerprint density at radius 3 is 3.06 bits per heavy atom. The van der Waals surface area contributed by atoms with Crippen LogP contribution in [0.15, 0.2) is 37.1 Å². The van der Waals surface area contributed by atoms with Crippen LogP contribution in [0.1, 0.15) is 16.8 Å². The van der Waals surface area contributed by atoms with Gasteiger partial charge in [-0.05, 0) is 18.6 Å². The Labute approximate surface area is 104 Å². The van der Waals surface area contributed by atoms with Gasteiger partial charge >= 0.3 is 0 Å². The normalized spacial score (nSPS) is 10.3. The summed E-state index contributed by atoms with van der Waals surface area (Å²) in [5.41, 5.74) is 0.534. The lowest BCUT2D eigenvalue weighted by molar-refractivity contribution is 0.0951. The number of carbonyl (C=O) groups excluding carboxylic acids is 1. The van der Waals surface area contributed by atoms with Gasteiger partial charge in [-0.2, -0.15) is 0 Å². The van der Waals surface area contributed by atoms with Gasteiger partial charge in [-0.25, -0.2) is 9.97 Å². The summed E-state index contributed by atoms with van der Waals surface area (Å²) in [5, 5.41) is 11.4. The first-order valence-electron chi connectivity index (χ1n) is 5.64. The molecule has 2 rings (SSSR count). The van der Waals surface area contributed by atoms with E-state index in [1.54, 1.807) is 41.6 Å². The van der Waals surface area contributed by atoms with Crippen LogP contribution in [0.4, 0.5) is 0 Å². The smallest absolute Gasteiger partial charge is 0.251 e. The van der Waals surface area contributed by atoms with Crippen LogP contribution in [0.5, 0.6) is 0 Å². The maximum atomic E-state index is 11.8. The topological polar surface area (TPSA) is 80.0 Å². The molecular formula is C12H14N4O2. The van der Waals surface area contributed by atoms with Crippen LogP contribution in [0.25, 0.3) is 5.82 Å². The van der Waals surface area contributed by atoms with Gasteiger partial charge in [0.25, 0.3) is 5.91 Å². The van der Waals surface area contributed by atoms with Gasteiger partial charge in [-0.3, -0.25) is 9.36 Å². The van der Waals surface area contributed by atoms with Crippen molar-refractivity contribution in [1.82, 2.24) is 19.9 Å². The highest BCUT2D eigenvalue weighted by Crippen LogP contribution is 2.06. The second-order valence-corrected chi connectivity index (χ2v) is 3.71. The number of rotatable bonds is 5. The third-order valence-electron chi connectivity index (χ3n) is 2.40. The number of imidazole rings is 1. The summed E-state index contributed by atoms with van der Waals surface area (Å²) in [6, 6.07) is 3.34. The quantitative estimate of drug-likeness (QED) is 0.747. The molecule has 0 unspecified atom stereocenters. The molecule has 6 heteroatoms. The first-order chi connectivity index (χ1) is 8.81. The predicted molar refractivity (Wildman–Crippen MR) is 65.4 cm³/mol. The summed E-state index contributed by atoms with van der Waals surface area (Å²) in [6.07, 6.45) is 7.16. The second kappa shape index (κ2) is 5.92. The molecule has 0 radical (unpaired) electrons. The van der Waals surface area contributed by atoms with E-state index in [2.05, 4.69) is 15.3 Å². The minimum Gasteiger partial charge on any atom is -0.396 e. The second-order valence-electron chi connectivity index (χ2n) is 3.71. The highest BCUT2D eigenvalue weighted by Gasteiger charge is 2.06. The predicted octanol–water partition coefficient (Wildman–Crippen LogP) is 0.379. The number of nitrogens with zero attached hydrogens (tertiary/aromatic N) is 3. The Kier molecular flexibility index (Phi) is 4.03. The molecule has 0 bridgehead atoms. The monoisotopic (exact) mass is 246 g/mol. The van der Waals surface area contributed by atoms with Crippen molar-refractivity contribution >= 4 is 5.91 Å². The number of aliphatic hydroxyl groups excluding tert-OH is 1. The molecule has 2 N–H and O–H groups in total. The Balaban J connectivity index is 2.10. The Bertz CT molecular complexity index is 511. The molecule has 1 amide bonds. The third-order valence-corrected chi connectivity index (χ3v) is 2.40. The van der Waals surface area contributed by atoms with Gasteiger partial charge in [0.15, 0.2) is 0 Å². The van der Waals surface area contributed by atoms with Crippen molar-refractivity contribution in [2.75, 3.05) is 13.2 Å². The number of hydrogen-bond acceptors (Lipinski definition) is 4. The van der Waals surface area contributed by atoms with E-state index in [1.165, 1.54) is 0 Å². The summed E-state index contributed by atoms with van der Waals surface area (Å²) in [5.74, 6) is 0.467. The fourth-order valence-electron chi connectivity index (χ4n) is 1.48. The van der Waals surface area contributed by atoms with Gasteiger partial charge in [0, 0.05) is 37.3 Å². The molecule has 0 spiro atoms. The first-order valence-corrected chi connectivity index (χ1v) is 5.64. The van der Waals surface area contributed by atoms with Crippen LogP contribution in [0.3, 0.4) is 0 Å². The highest BCUT2D eigenvalue weighted by atomic mass is 16.3. The van der Waals surface area contributed by atoms with E-state index in [0.29, 0.717) is 24.3 Å². The molecule has 0 fully saturated rings. The van der Waals surface area contributed by atoms with Crippen LogP contribution in [0, 0.1) is 0 Å². The zero-order valence-corrected chi connectivity index (χ0v) is 9.78. The van der Waals surface area contributed by atoms with E-state index in [1.807, 2.05) is 0 Å². The molecule has 6 nitrogen and oxygen atoms in total. The molecule has 18 heavy (non-hydrogen) atoms. The molecule has 2 heterocycles. The molecule has 0 aliphatic carbocycles. The van der Waals surface area contributed by atoms with E-state index < -0.39 is 0 Å². The molecule has 0 aliphatic heterocycles. The number of carbonyl (C=O) groups is 1. The van der Waals surface area contributed by atoms with Crippen LogP contribution in [-0.2, 0) is 0 Å². The van der Waals surface area contributed by atoms with E-state index in [9.17, 15) is 4.79 Å². The molecule has 2 aromatic rings. The fraction of sp³-hybridized carbons (Fsp3) is 0.250. The molecule has 0 saturated heterocycles. The lowest BCUT2D eigenvalue weighted by atomic mass is 10.2. The van der Waals surface area contributed by atoms with Crippen LogP contribution < -0.4 is 5.32 Å². The number of pyridine rings is 1. The molecule has 94 valence electrons. The van der Waals surface area contributed by atoms with Crippen LogP contribution in [-0.4, -0.2) is 38.7 Å². The largest absolute Gasteiger partial charge is 0.396 e. The van der Waals surface area contributed by atoms with Crippen molar-refractivity contribution in [3.8, 4) is 5.82 Å². The fourth-order valence-corrected chi connectivity index (χ4v) is 1.48. The van der Waals surface area contributed by atoms with E-state index in [4.69, 9.17) is 5.11 Å². The van der Waals surface area contributed by atoms with Crippen molar-refractivity contribution in [2.24, 2.45) is 0 Å². The third kappa shape index (κ3) is 2.92. The molecule has 0 aromatic carbocycles. The summed E-state index contributed by atoms with van der Waals surface area (Å²) < 4.78 is 1.73. The summed E-state index contributed by atoms with van der Waals surface area (Å²) in [4.78, 5) is 19.9. The lowest BCUT2D eigenvalue weighted by Gasteiger charge is -2.06. The molecule has 2 aromatic heterocycles. The van der Waals surface area contributed by atoms with Crippen molar-refractivity contribution in [3.63, 3.8) is 0 Å². The summed E-state index contributed by atoms with van der Waals surface area (Å²) >= 11 is 0. The summed E-state index contributed by atoms with van der Waals surface area (Å²) in [6.45, 7) is 0.523. The van der Waals surface area contributed by atoms with Gasteiger partial charge < -0.3 is 10.4 Å². The minimum absolute atomic E-state index is 0.0664. The van der Waals surface area contributed by atoms with Gasteiger partial charge in [-0.15, -0.1) is 0 Å². The van der Waals surface area contributed by atoms with Gasteiger partial charge in [0.1, 0.15) is 12.1 Å². The first kappa shape index (κ1) is 12.3. The van der Waals surface area contributed by atoms with Gasteiger partial charge in [0.2, 0.25) is 0 Å². The van der Waals surface area contributed by atoms with Crippen LogP contribution >= 0.6 is 0 Å². The standard InChI is InChI=1S/C12H14N4O2/c17-7-1-3-15-12(18)10-2-4-14-11(8-10)16-6-5-13-9-16/h2,4-6,8-9,17H,1,3,7H2,(H,15,18). The van der Waals surface area contributed by atoms with Gasteiger partial charge in [0.05, 0.1) is 0 Å². The minimum atomic E-state index is -0.174. The molecular weight excluding hydrogens is 232 g/mol. The average molecular weight is 246 g/mol. The van der Waals surface area contributed by atoms with Gasteiger partial charge in [-0.1, -0.05) is 0 Å². The molecule has 0 aliphatic rings. The van der Waals surface area contributed by atoms with Crippen molar-refractivity contribution in [2.45, 2.75) is 6.42 Å². The van der Waals surface area contributed by atoms with Crippen molar-refractivity contribution in [1.29, 1.82) is 0 Å². The number of aromatic nitrogens is 3. The SMILES string of the molecule is O=C(NCCCO)c1ccnc(-n2ccnc2)c1. The van der Waals surface area contributed by atoms with Crippen LogP contribution in [0.2, 0.25) is 0 Å². The lowest BCUT2D eigenvalue weighted by Crippen LogP contribution is -2.25. The van der Waals surface area contributed by atoms with E-state index in [-0.39, 0.29) is 12.5 Å². The highest BCUT2D eigenvalue weighted by molar-refractivity contribution is 5.94. The zero-order valence-electron chi connectivity index (χ0n) is 9.78. The Hall–Kier alpha value is -2.21. The van der Waals surface area contributed by atoms with E-state index in [0.717, 1.165) is 0 Å². The Morgan fingerprint density at radius 2 is 2.33 bits per heavy atom. The molecule has 0 saturated carbocycles. The molecule has 0 atom stereocenters. The Morgan fingerprint density at radius 1 is 1.44 bits per heavy atom. The maximum absolute atomic E-state index is 11.8. The number of aliphatic hydroxyl groups is 1. The number of amides is 1. The van der Waals surface area contributed by atoms with E-state index >= 15 is 0 Å². The average Bonchev–Trinajstić information content (AvgIpc) is 2.93. The number of hydrogen-bond donors (Lipinski definition) is 2.